The lowest BCUT2D eigenvalue weighted by Gasteiger charge is -2.27. The highest BCUT2D eigenvalue weighted by atomic mass is 15.2. The van der Waals surface area contributed by atoms with Crippen LogP contribution in [0.15, 0.2) is 18.2 Å². The van der Waals surface area contributed by atoms with Gasteiger partial charge in [-0.1, -0.05) is 6.92 Å². The van der Waals surface area contributed by atoms with Gasteiger partial charge < -0.3 is 15.5 Å². The SMILES string of the molecule is CCCN(CCN(C)C)c1ccc(N)cc1C. The third kappa shape index (κ3) is 4.27. The van der Waals surface area contributed by atoms with Crippen molar-refractivity contribution < 1.29 is 0 Å². The topological polar surface area (TPSA) is 32.5 Å². The fourth-order valence-corrected chi connectivity index (χ4v) is 1.98. The molecular formula is C14H25N3. The molecule has 0 saturated carbocycles. The molecule has 0 radical (unpaired) electrons. The quantitative estimate of drug-likeness (QED) is 0.768. The average molecular weight is 235 g/mol. The molecule has 0 unspecified atom stereocenters. The molecule has 0 aliphatic rings. The molecule has 0 aromatic heterocycles. The van der Waals surface area contributed by atoms with Crippen LogP contribution in [-0.2, 0) is 0 Å². The second-order valence-electron chi connectivity index (χ2n) is 4.84. The number of likely N-dealkylation sites (N-methyl/N-ethyl adjacent to an activating group) is 1. The highest BCUT2D eigenvalue weighted by Crippen LogP contribution is 2.22. The fraction of sp³-hybridized carbons (Fsp3) is 0.571. The normalized spacial score (nSPS) is 10.9. The standard InChI is InChI=1S/C14H25N3/c1-5-8-17(10-9-16(3)4)14-7-6-13(15)11-12(14)2/h6-7,11H,5,8-10,15H2,1-4H3. The molecular weight excluding hydrogens is 210 g/mol. The van der Waals surface area contributed by atoms with Gasteiger partial charge in [-0.15, -0.1) is 0 Å². The maximum absolute atomic E-state index is 5.80. The first kappa shape index (κ1) is 13.8. The molecule has 0 aliphatic heterocycles. The summed E-state index contributed by atoms with van der Waals surface area (Å²) in [7, 11) is 4.22. The van der Waals surface area contributed by atoms with Gasteiger partial charge in [0.15, 0.2) is 0 Å². The van der Waals surface area contributed by atoms with Crippen LogP contribution in [0.4, 0.5) is 11.4 Å². The van der Waals surface area contributed by atoms with Crippen LogP contribution >= 0.6 is 0 Å². The van der Waals surface area contributed by atoms with Gasteiger partial charge in [0.05, 0.1) is 0 Å². The molecule has 3 nitrogen and oxygen atoms in total. The second kappa shape index (κ2) is 6.50. The van der Waals surface area contributed by atoms with E-state index in [0.29, 0.717) is 0 Å². The predicted octanol–water partition coefficient (Wildman–Crippen LogP) is 2.36. The molecule has 1 rings (SSSR count). The molecule has 0 bridgehead atoms. The Morgan fingerprint density at radius 2 is 1.82 bits per heavy atom. The molecule has 96 valence electrons. The lowest BCUT2D eigenvalue weighted by molar-refractivity contribution is 0.413. The van der Waals surface area contributed by atoms with Gasteiger partial charge in [-0.25, -0.2) is 0 Å². The van der Waals surface area contributed by atoms with Crippen molar-refractivity contribution in [2.75, 3.05) is 44.4 Å². The highest BCUT2D eigenvalue weighted by molar-refractivity contribution is 5.59. The van der Waals surface area contributed by atoms with Gasteiger partial charge in [0.25, 0.3) is 0 Å². The van der Waals surface area contributed by atoms with Crippen LogP contribution in [0.5, 0.6) is 0 Å². The molecule has 0 atom stereocenters. The summed E-state index contributed by atoms with van der Waals surface area (Å²) >= 11 is 0. The number of hydrogen-bond donors (Lipinski definition) is 1. The van der Waals surface area contributed by atoms with E-state index in [9.17, 15) is 0 Å². The Morgan fingerprint density at radius 3 is 2.35 bits per heavy atom. The zero-order valence-electron chi connectivity index (χ0n) is 11.5. The van der Waals surface area contributed by atoms with E-state index in [4.69, 9.17) is 5.73 Å². The Hall–Kier alpha value is -1.22. The van der Waals surface area contributed by atoms with Crippen molar-refractivity contribution in [3.63, 3.8) is 0 Å². The largest absolute Gasteiger partial charge is 0.399 e. The minimum absolute atomic E-state index is 0.843. The maximum atomic E-state index is 5.80. The van der Waals surface area contributed by atoms with Gasteiger partial charge in [-0.2, -0.15) is 0 Å². The smallest absolute Gasteiger partial charge is 0.0397 e. The van der Waals surface area contributed by atoms with Crippen LogP contribution in [0, 0.1) is 6.92 Å². The summed E-state index contributed by atoms with van der Waals surface area (Å²) in [5.41, 5.74) is 9.21. The van der Waals surface area contributed by atoms with Crippen LogP contribution in [0.3, 0.4) is 0 Å². The zero-order chi connectivity index (χ0) is 12.8. The van der Waals surface area contributed by atoms with Crippen LogP contribution in [0.1, 0.15) is 18.9 Å². The van der Waals surface area contributed by atoms with E-state index in [2.05, 4.69) is 43.8 Å². The summed E-state index contributed by atoms with van der Waals surface area (Å²) in [5.74, 6) is 0. The van der Waals surface area contributed by atoms with E-state index >= 15 is 0 Å². The van der Waals surface area contributed by atoms with Crippen LogP contribution in [-0.4, -0.2) is 38.6 Å². The van der Waals surface area contributed by atoms with Crippen molar-refractivity contribution in [2.24, 2.45) is 0 Å². The Kier molecular flexibility index (Phi) is 5.29. The average Bonchev–Trinajstić information content (AvgIpc) is 2.24. The van der Waals surface area contributed by atoms with Crippen LogP contribution < -0.4 is 10.6 Å². The monoisotopic (exact) mass is 235 g/mol. The van der Waals surface area contributed by atoms with Crippen molar-refractivity contribution in [3.8, 4) is 0 Å². The Morgan fingerprint density at radius 1 is 1.12 bits per heavy atom. The molecule has 0 fully saturated rings. The Bertz CT molecular complexity index is 347. The lowest BCUT2D eigenvalue weighted by atomic mass is 10.1. The molecule has 0 aliphatic carbocycles. The number of hydrogen-bond acceptors (Lipinski definition) is 3. The minimum atomic E-state index is 0.843. The molecule has 1 aromatic rings. The highest BCUT2D eigenvalue weighted by Gasteiger charge is 2.08. The fourth-order valence-electron chi connectivity index (χ4n) is 1.98. The number of nitrogen functional groups attached to an aromatic ring is 1. The van der Waals surface area contributed by atoms with E-state index < -0.39 is 0 Å². The molecule has 1 aromatic carbocycles. The number of anilines is 2. The number of aryl methyl sites for hydroxylation is 1. The second-order valence-corrected chi connectivity index (χ2v) is 4.84. The first-order chi connectivity index (χ1) is 8.04. The van der Waals surface area contributed by atoms with Crippen molar-refractivity contribution >= 4 is 11.4 Å². The van der Waals surface area contributed by atoms with Gasteiger partial charge >= 0.3 is 0 Å². The van der Waals surface area contributed by atoms with Crippen molar-refractivity contribution in [1.29, 1.82) is 0 Å². The summed E-state index contributed by atoms with van der Waals surface area (Å²) in [6.07, 6.45) is 1.16. The van der Waals surface area contributed by atoms with E-state index in [1.807, 2.05) is 12.1 Å². The summed E-state index contributed by atoms with van der Waals surface area (Å²) in [6, 6.07) is 6.17. The molecule has 0 heterocycles. The molecule has 2 N–H and O–H groups in total. The van der Waals surface area contributed by atoms with Crippen molar-refractivity contribution in [2.45, 2.75) is 20.3 Å². The van der Waals surface area contributed by atoms with Gasteiger partial charge in [-0.3, -0.25) is 0 Å². The van der Waals surface area contributed by atoms with Gasteiger partial charge in [-0.05, 0) is 51.2 Å². The van der Waals surface area contributed by atoms with Crippen molar-refractivity contribution in [1.82, 2.24) is 4.90 Å². The molecule has 0 saturated heterocycles. The number of benzene rings is 1. The van der Waals surface area contributed by atoms with E-state index in [1.165, 1.54) is 11.3 Å². The van der Waals surface area contributed by atoms with Crippen LogP contribution in [0.2, 0.25) is 0 Å². The maximum Gasteiger partial charge on any atom is 0.0397 e. The van der Waals surface area contributed by atoms with Crippen molar-refractivity contribution in [3.05, 3.63) is 23.8 Å². The summed E-state index contributed by atoms with van der Waals surface area (Å²) in [6.45, 7) is 7.58. The van der Waals surface area contributed by atoms with E-state index in [-0.39, 0.29) is 0 Å². The lowest BCUT2D eigenvalue weighted by Crippen LogP contribution is -2.32. The minimum Gasteiger partial charge on any atom is -0.399 e. The third-order valence-corrected chi connectivity index (χ3v) is 2.87. The zero-order valence-corrected chi connectivity index (χ0v) is 11.5. The summed E-state index contributed by atoms with van der Waals surface area (Å²) < 4.78 is 0. The first-order valence-corrected chi connectivity index (χ1v) is 6.30. The van der Waals surface area contributed by atoms with Gasteiger partial charge in [0, 0.05) is 31.0 Å². The Balaban J connectivity index is 2.81. The van der Waals surface area contributed by atoms with E-state index in [0.717, 1.165) is 31.7 Å². The number of nitrogens with zero attached hydrogens (tertiary/aromatic N) is 2. The van der Waals surface area contributed by atoms with Gasteiger partial charge in [0.1, 0.15) is 0 Å². The predicted molar refractivity (Wildman–Crippen MR) is 76.6 cm³/mol. The third-order valence-electron chi connectivity index (χ3n) is 2.87. The molecule has 17 heavy (non-hydrogen) atoms. The molecule has 0 spiro atoms. The summed E-state index contributed by atoms with van der Waals surface area (Å²) in [5, 5.41) is 0. The summed E-state index contributed by atoms with van der Waals surface area (Å²) in [4.78, 5) is 4.66. The first-order valence-electron chi connectivity index (χ1n) is 6.30. The number of rotatable bonds is 6. The van der Waals surface area contributed by atoms with Gasteiger partial charge in [0.2, 0.25) is 0 Å². The molecule has 0 amide bonds. The van der Waals surface area contributed by atoms with E-state index in [1.54, 1.807) is 0 Å². The Labute approximate surface area is 105 Å². The van der Waals surface area contributed by atoms with Crippen LogP contribution in [0.25, 0.3) is 0 Å². The number of nitrogens with two attached hydrogens (primary N) is 1. The molecule has 3 heteroatoms.